The molecule has 5 nitrogen and oxygen atoms in total. The van der Waals surface area contributed by atoms with Crippen molar-refractivity contribution in [2.75, 3.05) is 12.0 Å². The molecule has 0 N–H and O–H groups in total. The second-order valence-electron chi connectivity index (χ2n) is 5.95. The number of aromatic nitrogens is 1. The Bertz CT molecular complexity index is 819. The molecule has 3 atom stereocenters. The van der Waals surface area contributed by atoms with Gasteiger partial charge in [0.05, 0.1) is 13.2 Å². The average Bonchev–Trinajstić information content (AvgIpc) is 3.32. The molecule has 0 bridgehead atoms. The Balaban J connectivity index is 1.86. The minimum absolute atomic E-state index is 0.118. The van der Waals surface area contributed by atoms with E-state index in [0.29, 0.717) is 5.82 Å². The molecule has 3 unspecified atom stereocenters. The number of hydrogen-bond donors (Lipinski definition) is 0. The maximum absolute atomic E-state index is 12.7. The summed E-state index contributed by atoms with van der Waals surface area (Å²) in [5.41, 5.74) is -0.0250. The van der Waals surface area contributed by atoms with Gasteiger partial charge in [-0.1, -0.05) is 42.5 Å². The number of benzene rings is 1. The van der Waals surface area contributed by atoms with Gasteiger partial charge in [0.1, 0.15) is 11.2 Å². The van der Waals surface area contributed by atoms with E-state index in [4.69, 9.17) is 4.74 Å². The van der Waals surface area contributed by atoms with E-state index in [2.05, 4.69) is 4.98 Å². The summed E-state index contributed by atoms with van der Waals surface area (Å²) in [5, 5.41) is 0. The van der Waals surface area contributed by atoms with Crippen molar-refractivity contribution in [2.45, 2.75) is 11.5 Å². The first-order chi connectivity index (χ1) is 11.7. The number of esters is 1. The summed E-state index contributed by atoms with van der Waals surface area (Å²) in [4.78, 5) is 31.1. The van der Waals surface area contributed by atoms with Crippen LogP contribution < -0.4 is 4.90 Å². The first-order valence-corrected chi connectivity index (χ1v) is 7.77. The number of amides is 1. The standard InChI is InChI=1S/C19H16N2O3/c1-24-18(23)19(13-7-3-2-4-8-13)14-10-11-16(22)21(17(14)19)15-9-5-6-12-20-15/h2-12,14,17H,1H3. The molecule has 1 aromatic carbocycles. The maximum atomic E-state index is 12.7. The molecular weight excluding hydrogens is 304 g/mol. The van der Waals surface area contributed by atoms with Gasteiger partial charge in [0.2, 0.25) is 0 Å². The molecule has 2 heterocycles. The topological polar surface area (TPSA) is 59.5 Å². The van der Waals surface area contributed by atoms with E-state index in [1.807, 2.05) is 42.5 Å². The van der Waals surface area contributed by atoms with Crippen LogP contribution in [0.3, 0.4) is 0 Å². The van der Waals surface area contributed by atoms with Crippen LogP contribution in [-0.2, 0) is 19.7 Å². The van der Waals surface area contributed by atoms with Gasteiger partial charge in [-0.25, -0.2) is 4.98 Å². The molecule has 120 valence electrons. The Labute approximate surface area is 139 Å². The van der Waals surface area contributed by atoms with Gasteiger partial charge in [0.15, 0.2) is 0 Å². The van der Waals surface area contributed by atoms with E-state index in [0.717, 1.165) is 5.56 Å². The highest BCUT2D eigenvalue weighted by atomic mass is 16.5. The van der Waals surface area contributed by atoms with Gasteiger partial charge in [-0.2, -0.15) is 0 Å². The molecule has 0 spiro atoms. The lowest BCUT2D eigenvalue weighted by Crippen LogP contribution is -2.40. The van der Waals surface area contributed by atoms with Crippen LogP contribution in [0.4, 0.5) is 5.82 Å². The lowest BCUT2D eigenvalue weighted by atomic mass is 9.92. The molecule has 5 heteroatoms. The lowest BCUT2D eigenvalue weighted by molar-refractivity contribution is -0.144. The molecule has 1 fully saturated rings. The smallest absolute Gasteiger partial charge is 0.319 e. The molecule has 0 saturated heterocycles. The Morgan fingerprint density at radius 2 is 1.92 bits per heavy atom. The second-order valence-corrected chi connectivity index (χ2v) is 5.95. The molecule has 1 aromatic heterocycles. The molecule has 2 aliphatic rings. The molecule has 0 radical (unpaired) electrons. The van der Waals surface area contributed by atoms with Crippen molar-refractivity contribution < 1.29 is 14.3 Å². The number of nitrogens with zero attached hydrogens (tertiary/aromatic N) is 2. The van der Waals surface area contributed by atoms with Crippen molar-refractivity contribution in [3.05, 3.63) is 72.4 Å². The third-order valence-electron chi connectivity index (χ3n) is 4.86. The third-order valence-corrected chi connectivity index (χ3v) is 4.86. The zero-order chi connectivity index (χ0) is 16.7. The molecular formula is C19H16N2O3. The van der Waals surface area contributed by atoms with Crippen molar-refractivity contribution in [2.24, 2.45) is 5.92 Å². The Kier molecular flexibility index (Phi) is 3.23. The van der Waals surface area contributed by atoms with Gasteiger partial charge < -0.3 is 4.74 Å². The van der Waals surface area contributed by atoms with Crippen molar-refractivity contribution in [1.82, 2.24) is 4.98 Å². The summed E-state index contributed by atoms with van der Waals surface area (Å²) in [6.07, 6.45) is 4.97. The van der Waals surface area contributed by atoms with Crippen LogP contribution in [0.15, 0.2) is 66.9 Å². The predicted molar refractivity (Wildman–Crippen MR) is 88.3 cm³/mol. The number of fused-ring (bicyclic) bond motifs is 1. The van der Waals surface area contributed by atoms with Crippen molar-refractivity contribution in [3.63, 3.8) is 0 Å². The fourth-order valence-corrected chi connectivity index (χ4v) is 3.79. The number of anilines is 1. The van der Waals surface area contributed by atoms with Gasteiger partial charge in [0, 0.05) is 12.1 Å². The summed E-state index contributed by atoms with van der Waals surface area (Å²) in [7, 11) is 1.38. The van der Waals surface area contributed by atoms with Gasteiger partial charge in [-0.3, -0.25) is 14.5 Å². The van der Waals surface area contributed by atoms with Crippen molar-refractivity contribution >= 4 is 17.7 Å². The van der Waals surface area contributed by atoms with Crippen molar-refractivity contribution in [3.8, 4) is 0 Å². The Hall–Kier alpha value is -2.95. The van der Waals surface area contributed by atoms with E-state index in [-0.39, 0.29) is 23.8 Å². The van der Waals surface area contributed by atoms with E-state index in [9.17, 15) is 9.59 Å². The molecule has 1 aliphatic carbocycles. The molecule has 1 amide bonds. The quantitative estimate of drug-likeness (QED) is 0.813. The highest BCUT2D eigenvalue weighted by Gasteiger charge is 2.74. The third kappa shape index (κ3) is 1.84. The van der Waals surface area contributed by atoms with Crippen LogP contribution in [0, 0.1) is 5.92 Å². The number of methoxy groups -OCH3 is 1. The normalized spacial score (nSPS) is 27.5. The minimum Gasteiger partial charge on any atom is -0.468 e. The second kappa shape index (κ2) is 5.30. The van der Waals surface area contributed by atoms with E-state index in [1.165, 1.54) is 13.2 Å². The van der Waals surface area contributed by atoms with Crippen LogP contribution in [-0.4, -0.2) is 30.0 Å². The first-order valence-electron chi connectivity index (χ1n) is 7.77. The van der Waals surface area contributed by atoms with Gasteiger partial charge in [-0.15, -0.1) is 0 Å². The summed E-state index contributed by atoms with van der Waals surface area (Å²) in [6, 6.07) is 14.6. The number of rotatable bonds is 3. The Morgan fingerprint density at radius 1 is 1.17 bits per heavy atom. The maximum Gasteiger partial charge on any atom is 0.319 e. The molecule has 4 rings (SSSR count). The van der Waals surface area contributed by atoms with Crippen LogP contribution in [0.5, 0.6) is 0 Å². The lowest BCUT2D eigenvalue weighted by Gasteiger charge is -2.24. The fourth-order valence-electron chi connectivity index (χ4n) is 3.79. The molecule has 2 aromatic rings. The zero-order valence-electron chi connectivity index (χ0n) is 13.1. The summed E-state index contributed by atoms with van der Waals surface area (Å²) < 4.78 is 5.11. The number of hydrogen-bond acceptors (Lipinski definition) is 4. The molecule has 1 aliphatic heterocycles. The van der Waals surface area contributed by atoms with Crippen LogP contribution in [0.2, 0.25) is 0 Å². The van der Waals surface area contributed by atoms with Crippen LogP contribution in [0.1, 0.15) is 5.56 Å². The summed E-state index contributed by atoms with van der Waals surface area (Å²) in [6.45, 7) is 0. The number of ether oxygens (including phenoxy) is 1. The molecule has 24 heavy (non-hydrogen) atoms. The number of pyridine rings is 1. The largest absolute Gasteiger partial charge is 0.468 e. The van der Waals surface area contributed by atoms with E-state index >= 15 is 0 Å². The van der Waals surface area contributed by atoms with Gasteiger partial charge in [0.25, 0.3) is 5.91 Å². The van der Waals surface area contributed by atoms with Crippen molar-refractivity contribution in [1.29, 1.82) is 0 Å². The van der Waals surface area contributed by atoms with E-state index < -0.39 is 5.41 Å². The SMILES string of the molecule is COC(=O)C1(c2ccccc2)C2C=CC(=O)N(c3ccccn3)C21. The van der Waals surface area contributed by atoms with Gasteiger partial charge >= 0.3 is 5.97 Å². The highest BCUT2D eigenvalue weighted by molar-refractivity contribution is 6.07. The van der Waals surface area contributed by atoms with Gasteiger partial charge in [-0.05, 0) is 23.8 Å². The fraction of sp³-hybridized carbons (Fsp3) is 0.211. The monoisotopic (exact) mass is 320 g/mol. The minimum atomic E-state index is -0.879. The predicted octanol–water partition coefficient (Wildman–Crippen LogP) is 2.09. The number of carbonyl (C=O) groups excluding carboxylic acids is 2. The van der Waals surface area contributed by atoms with Crippen LogP contribution >= 0.6 is 0 Å². The average molecular weight is 320 g/mol. The van der Waals surface area contributed by atoms with Crippen LogP contribution in [0.25, 0.3) is 0 Å². The zero-order valence-corrected chi connectivity index (χ0v) is 13.1. The number of carbonyl (C=O) groups is 2. The summed E-state index contributed by atoms with van der Waals surface area (Å²) >= 11 is 0. The first kappa shape index (κ1) is 14.6. The summed E-state index contributed by atoms with van der Waals surface area (Å²) in [5.74, 6) is -0.0729. The highest BCUT2D eigenvalue weighted by Crippen LogP contribution is 2.60. The Morgan fingerprint density at radius 3 is 2.58 bits per heavy atom. The van der Waals surface area contributed by atoms with E-state index in [1.54, 1.807) is 23.2 Å². The molecule has 1 saturated carbocycles.